The van der Waals surface area contributed by atoms with Crippen molar-refractivity contribution >= 4 is 5.91 Å². The first-order valence-electron chi connectivity index (χ1n) is 9.84. The van der Waals surface area contributed by atoms with Gasteiger partial charge in [-0.3, -0.25) is 9.78 Å². The molecule has 1 saturated heterocycles. The lowest BCUT2D eigenvalue weighted by atomic mass is 9.67. The van der Waals surface area contributed by atoms with Crippen molar-refractivity contribution in [3.63, 3.8) is 0 Å². The molecule has 1 N–H and O–H groups in total. The van der Waals surface area contributed by atoms with Crippen LogP contribution in [-0.2, 0) is 21.4 Å². The molecule has 2 heterocycles. The van der Waals surface area contributed by atoms with E-state index in [-0.39, 0.29) is 16.9 Å². The van der Waals surface area contributed by atoms with Gasteiger partial charge in [-0.15, -0.1) is 0 Å². The summed E-state index contributed by atoms with van der Waals surface area (Å²) in [5.41, 5.74) is 2.36. The second-order valence-electron chi connectivity index (χ2n) is 8.14. The predicted molar refractivity (Wildman–Crippen MR) is 108 cm³/mol. The van der Waals surface area contributed by atoms with E-state index in [2.05, 4.69) is 54.5 Å². The van der Waals surface area contributed by atoms with E-state index in [0.29, 0.717) is 13.0 Å². The van der Waals surface area contributed by atoms with E-state index in [4.69, 9.17) is 4.74 Å². The summed E-state index contributed by atoms with van der Waals surface area (Å²) in [6, 6.07) is 14.6. The first kappa shape index (κ1) is 19.6. The molecule has 4 heteroatoms. The zero-order valence-electron chi connectivity index (χ0n) is 16.4. The molecule has 1 aromatic heterocycles. The molecule has 1 aromatic carbocycles. The van der Waals surface area contributed by atoms with Gasteiger partial charge in [-0.1, -0.05) is 36.4 Å². The van der Waals surface area contributed by atoms with Crippen LogP contribution in [0.15, 0.2) is 54.9 Å². The Morgan fingerprint density at radius 2 is 2.00 bits per heavy atom. The molecule has 1 aliphatic rings. The van der Waals surface area contributed by atoms with Crippen LogP contribution >= 0.6 is 0 Å². The smallest absolute Gasteiger partial charge is 0.220 e. The standard InChI is InChI=1S/C23H30N2O2/c1-22(2)18-23(13-16-27-22,20-8-4-3-5-9-20)12-15-25-21(26)11-10-19-7-6-14-24-17-19/h3-9,14,17H,10-13,15-16,18H2,1-2H3,(H,25,26). The average Bonchev–Trinajstić information content (AvgIpc) is 2.67. The van der Waals surface area contributed by atoms with Gasteiger partial charge in [0.05, 0.1) is 5.60 Å². The fourth-order valence-electron chi connectivity index (χ4n) is 4.21. The number of aryl methyl sites for hydroxylation is 1. The average molecular weight is 367 g/mol. The maximum absolute atomic E-state index is 12.3. The Bertz CT molecular complexity index is 731. The summed E-state index contributed by atoms with van der Waals surface area (Å²) in [4.78, 5) is 16.4. The topological polar surface area (TPSA) is 51.2 Å². The van der Waals surface area contributed by atoms with Gasteiger partial charge in [0.25, 0.3) is 0 Å². The number of amides is 1. The number of rotatable bonds is 7. The van der Waals surface area contributed by atoms with E-state index in [1.165, 1.54) is 5.56 Å². The number of nitrogens with one attached hydrogen (secondary N) is 1. The van der Waals surface area contributed by atoms with Crippen LogP contribution in [0.3, 0.4) is 0 Å². The zero-order valence-corrected chi connectivity index (χ0v) is 16.4. The van der Waals surface area contributed by atoms with Crippen molar-refractivity contribution in [1.82, 2.24) is 10.3 Å². The molecule has 2 aromatic rings. The molecule has 1 amide bonds. The number of pyridine rings is 1. The first-order chi connectivity index (χ1) is 13.0. The summed E-state index contributed by atoms with van der Waals surface area (Å²) < 4.78 is 5.96. The molecule has 4 nitrogen and oxygen atoms in total. The van der Waals surface area contributed by atoms with Gasteiger partial charge < -0.3 is 10.1 Å². The second kappa shape index (κ2) is 8.66. The molecular weight excluding hydrogens is 336 g/mol. The lowest BCUT2D eigenvalue weighted by molar-refractivity contribution is -0.121. The maximum Gasteiger partial charge on any atom is 0.220 e. The van der Waals surface area contributed by atoms with E-state index in [9.17, 15) is 4.79 Å². The Balaban J connectivity index is 1.58. The molecule has 27 heavy (non-hydrogen) atoms. The summed E-state index contributed by atoms with van der Waals surface area (Å²) in [5.74, 6) is 0.105. The monoisotopic (exact) mass is 366 g/mol. The molecule has 0 saturated carbocycles. The number of hydrogen-bond donors (Lipinski definition) is 1. The predicted octanol–water partition coefficient (Wildman–Crippen LogP) is 4.05. The third kappa shape index (κ3) is 5.39. The van der Waals surface area contributed by atoms with Crippen LogP contribution in [0.5, 0.6) is 0 Å². The minimum atomic E-state index is -0.140. The number of benzene rings is 1. The second-order valence-corrected chi connectivity index (χ2v) is 8.14. The highest BCUT2D eigenvalue weighted by molar-refractivity contribution is 5.76. The van der Waals surface area contributed by atoms with Gasteiger partial charge in [0, 0.05) is 37.4 Å². The number of carbonyl (C=O) groups excluding carboxylic acids is 1. The van der Waals surface area contributed by atoms with Crippen molar-refractivity contribution in [2.75, 3.05) is 13.2 Å². The molecule has 1 atom stereocenters. The van der Waals surface area contributed by atoms with Crippen molar-refractivity contribution in [2.24, 2.45) is 0 Å². The fraction of sp³-hybridized carbons (Fsp3) is 0.478. The van der Waals surface area contributed by atoms with Crippen molar-refractivity contribution in [3.8, 4) is 0 Å². The van der Waals surface area contributed by atoms with E-state index in [1.807, 2.05) is 18.3 Å². The fourth-order valence-corrected chi connectivity index (χ4v) is 4.21. The summed E-state index contributed by atoms with van der Waals surface area (Å²) in [7, 11) is 0. The van der Waals surface area contributed by atoms with Gasteiger partial charge in [0.2, 0.25) is 5.91 Å². The lowest BCUT2D eigenvalue weighted by Gasteiger charge is -2.45. The maximum atomic E-state index is 12.3. The molecule has 3 rings (SSSR count). The SMILES string of the molecule is CC1(C)CC(CCNC(=O)CCc2cccnc2)(c2ccccc2)CCO1. The molecule has 0 radical (unpaired) electrons. The highest BCUT2D eigenvalue weighted by atomic mass is 16.5. The number of ether oxygens (including phenoxy) is 1. The van der Waals surface area contributed by atoms with Crippen LogP contribution in [0.25, 0.3) is 0 Å². The van der Waals surface area contributed by atoms with E-state index in [1.54, 1.807) is 6.20 Å². The highest BCUT2D eigenvalue weighted by Crippen LogP contribution is 2.43. The van der Waals surface area contributed by atoms with Crippen molar-refractivity contribution < 1.29 is 9.53 Å². The minimum Gasteiger partial charge on any atom is -0.376 e. The quantitative estimate of drug-likeness (QED) is 0.804. The van der Waals surface area contributed by atoms with E-state index >= 15 is 0 Å². The summed E-state index contributed by atoms with van der Waals surface area (Å²) >= 11 is 0. The Hall–Kier alpha value is -2.20. The van der Waals surface area contributed by atoms with Gasteiger partial charge in [0.15, 0.2) is 0 Å². The minimum absolute atomic E-state index is 0.0552. The van der Waals surface area contributed by atoms with E-state index in [0.717, 1.165) is 37.9 Å². The molecular formula is C23H30N2O2. The molecule has 144 valence electrons. The molecule has 0 spiro atoms. The zero-order chi connectivity index (χ0) is 19.2. The first-order valence-corrected chi connectivity index (χ1v) is 9.84. The third-order valence-electron chi connectivity index (χ3n) is 5.51. The Morgan fingerprint density at radius 1 is 1.19 bits per heavy atom. The van der Waals surface area contributed by atoms with Gasteiger partial charge in [-0.05, 0) is 56.7 Å². The normalized spacial score (nSPS) is 21.6. The highest BCUT2D eigenvalue weighted by Gasteiger charge is 2.41. The van der Waals surface area contributed by atoms with Crippen LogP contribution in [0.4, 0.5) is 0 Å². The Labute approximate surface area is 162 Å². The summed E-state index contributed by atoms with van der Waals surface area (Å²) in [6.45, 7) is 5.78. The number of carbonyl (C=O) groups is 1. The van der Waals surface area contributed by atoms with Crippen molar-refractivity contribution in [2.45, 2.75) is 57.0 Å². The molecule has 0 bridgehead atoms. The van der Waals surface area contributed by atoms with E-state index < -0.39 is 0 Å². The number of nitrogens with zero attached hydrogens (tertiary/aromatic N) is 1. The lowest BCUT2D eigenvalue weighted by Crippen LogP contribution is -2.45. The van der Waals surface area contributed by atoms with Gasteiger partial charge in [0.1, 0.15) is 0 Å². The summed E-state index contributed by atoms with van der Waals surface area (Å²) in [6.07, 6.45) is 7.69. The van der Waals surface area contributed by atoms with Gasteiger partial charge >= 0.3 is 0 Å². The van der Waals surface area contributed by atoms with Crippen molar-refractivity contribution in [1.29, 1.82) is 0 Å². The molecule has 0 aliphatic carbocycles. The van der Waals surface area contributed by atoms with Crippen LogP contribution in [0.1, 0.15) is 50.7 Å². The number of hydrogen-bond acceptors (Lipinski definition) is 3. The Kier molecular flexibility index (Phi) is 6.27. The largest absolute Gasteiger partial charge is 0.376 e. The molecule has 1 fully saturated rings. The van der Waals surface area contributed by atoms with Crippen LogP contribution in [0, 0.1) is 0 Å². The van der Waals surface area contributed by atoms with Gasteiger partial charge in [-0.2, -0.15) is 0 Å². The third-order valence-corrected chi connectivity index (χ3v) is 5.51. The van der Waals surface area contributed by atoms with Gasteiger partial charge in [-0.25, -0.2) is 0 Å². The summed E-state index contributed by atoms with van der Waals surface area (Å²) in [5, 5.41) is 3.12. The van der Waals surface area contributed by atoms with Crippen LogP contribution in [0.2, 0.25) is 0 Å². The van der Waals surface area contributed by atoms with Crippen LogP contribution < -0.4 is 5.32 Å². The number of aromatic nitrogens is 1. The van der Waals surface area contributed by atoms with Crippen LogP contribution in [-0.4, -0.2) is 29.6 Å². The molecule has 1 aliphatic heterocycles. The van der Waals surface area contributed by atoms with Crippen molar-refractivity contribution in [3.05, 3.63) is 66.0 Å². The molecule has 1 unspecified atom stereocenters. The Morgan fingerprint density at radius 3 is 2.70 bits per heavy atom.